The molecule has 1 aliphatic carbocycles. The van der Waals surface area contributed by atoms with Gasteiger partial charge in [-0.25, -0.2) is 4.98 Å². The van der Waals surface area contributed by atoms with Gasteiger partial charge in [-0.15, -0.1) is 0 Å². The molecule has 1 saturated carbocycles. The minimum Gasteiger partial charge on any atom is -0.398 e. The third-order valence-electron chi connectivity index (χ3n) is 6.08. The van der Waals surface area contributed by atoms with E-state index >= 15 is 0 Å². The van der Waals surface area contributed by atoms with Crippen LogP contribution in [0.15, 0.2) is 18.2 Å². The van der Waals surface area contributed by atoms with Gasteiger partial charge in [0, 0.05) is 37.3 Å². The van der Waals surface area contributed by atoms with Crippen LogP contribution in [0.3, 0.4) is 0 Å². The van der Waals surface area contributed by atoms with Crippen molar-refractivity contribution in [2.45, 2.75) is 63.5 Å². The zero-order valence-electron chi connectivity index (χ0n) is 17.8. The van der Waals surface area contributed by atoms with Gasteiger partial charge in [-0.05, 0) is 53.9 Å². The molecule has 6 nitrogen and oxygen atoms in total. The van der Waals surface area contributed by atoms with Crippen molar-refractivity contribution < 1.29 is 9.53 Å². The van der Waals surface area contributed by atoms with E-state index in [1.165, 1.54) is 18.4 Å². The average molecular weight is 397 g/mol. The molecule has 156 valence electrons. The number of nitrogen functional groups attached to an aromatic ring is 1. The molecule has 1 aromatic heterocycles. The predicted octanol–water partition coefficient (Wildman–Crippen LogP) is 3.10. The fraction of sp³-hybridized carbons (Fsp3) is 0.565. The Morgan fingerprint density at radius 3 is 2.69 bits per heavy atom. The summed E-state index contributed by atoms with van der Waals surface area (Å²) < 4.78 is 5.37. The number of methoxy groups -OCH3 is 1. The van der Waals surface area contributed by atoms with E-state index in [9.17, 15) is 4.79 Å². The highest BCUT2D eigenvalue weighted by atomic mass is 16.5. The van der Waals surface area contributed by atoms with Crippen molar-refractivity contribution in [2.24, 2.45) is 0 Å². The van der Waals surface area contributed by atoms with E-state index in [2.05, 4.69) is 43.5 Å². The molecule has 1 amide bonds. The Morgan fingerprint density at radius 1 is 1.31 bits per heavy atom. The molecule has 1 saturated heterocycles. The number of aromatic nitrogens is 1. The summed E-state index contributed by atoms with van der Waals surface area (Å²) in [5.74, 6) is 0.449. The van der Waals surface area contributed by atoms with Crippen molar-refractivity contribution in [3.63, 3.8) is 0 Å². The van der Waals surface area contributed by atoms with E-state index < -0.39 is 0 Å². The number of pyridine rings is 1. The van der Waals surface area contributed by atoms with Crippen molar-refractivity contribution in [1.29, 1.82) is 0 Å². The van der Waals surface area contributed by atoms with Crippen molar-refractivity contribution >= 4 is 22.5 Å². The molecular formula is C23H32N4O2. The Balaban J connectivity index is 1.62. The molecule has 0 spiro atoms. The van der Waals surface area contributed by atoms with Gasteiger partial charge in [0.15, 0.2) is 0 Å². The highest BCUT2D eigenvalue weighted by Gasteiger charge is 2.28. The second-order valence-electron chi connectivity index (χ2n) is 9.49. The van der Waals surface area contributed by atoms with Crippen LogP contribution in [0.25, 0.3) is 10.9 Å². The minimum absolute atomic E-state index is 0.0827. The normalized spacial score (nSPS) is 22.2. The van der Waals surface area contributed by atoms with Gasteiger partial charge in [0.2, 0.25) is 0 Å². The number of nitrogens with zero attached hydrogens (tertiary/aromatic N) is 1. The lowest BCUT2D eigenvalue weighted by Crippen LogP contribution is -2.37. The molecule has 2 aliphatic rings. The van der Waals surface area contributed by atoms with Crippen molar-refractivity contribution in [2.75, 3.05) is 25.9 Å². The molecule has 4 N–H and O–H groups in total. The van der Waals surface area contributed by atoms with Gasteiger partial charge < -0.3 is 21.1 Å². The maximum absolute atomic E-state index is 12.8. The molecule has 2 fully saturated rings. The SMILES string of the molecule is CO[C@@H]1CN[C@H](CNC(=O)c2cc(N)c3cc(C4CC4)cc(C(C)(C)C)c3n2)C1. The number of hydrogen-bond donors (Lipinski definition) is 3. The van der Waals surface area contributed by atoms with Crippen LogP contribution in [0.2, 0.25) is 0 Å². The number of hydrogen-bond acceptors (Lipinski definition) is 5. The molecule has 2 heterocycles. The number of amides is 1. The number of carbonyl (C=O) groups is 1. The van der Waals surface area contributed by atoms with Gasteiger partial charge >= 0.3 is 0 Å². The highest BCUT2D eigenvalue weighted by molar-refractivity contribution is 6.00. The van der Waals surface area contributed by atoms with Crippen LogP contribution in [0.1, 0.15) is 67.6 Å². The molecule has 6 heteroatoms. The quantitative estimate of drug-likeness (QED) is 0.723. The molecule has 2 atom stereocenters. The molecule has 0 radical (unpaired) electrons. The summed E-state index contributed by atoms with van der Waals surface area (Å²) in [6.45, 7) is 7.91. The zero-order valence-corrected chi connectivity index (χ0v) is 17.8. The number of rotatable bonds is 5. The summed E-state index contributed by atoms with van der Waals surface area (Å²) in [4.78, 5) is 17.6. The van der Waals surface area contributed by atoms with Gasteiger partial charge in [-0.2, -0.15) is 0 Å². The maximum atomic E-state index is 12.8. The second-order valence-corrected chi connectivity index (χ2v) is 9.49. The Labute approximate surface area is 172 Å². The Kier molecular flexibility index (Phi) is 5.25. The van der Waals surface area contributed by atoms with Crippen LogP contribution in [0.5, 0.6) is 0 Å². The van der Waals surface area contributed by atoms with E-state index in [0.717, 1.165) is 29.4 Å². The van der Waals surface area contributed by atoms with Gasteiger partial charge in [0.05, 0.1) is 11.6 Å². The molecular weight excluding hydrogens is 364 g/mol. The van der Waals surface area contributed by atoms with Crippen molar-refractivity contribution in [3.8, 4) is 0 Å². The van der Waals surface area contributed by atoms with E-state index in [-0.39, 0.29) is 23.5 Å². The minimum atomic E-state index is -0.188. The summed E-state index contributed by atoms with van der Waals surface area (Å²) in [5, 5.41) is 7.33. The van der Waals surface area contributed by atoms with Crippen LogP contribution >= 0.6 is 0 Å². The number of anilines is 1. The van der Waals surface area contributed by atoms with Gasteiger partial charge in [0.25, 0.3) is 5.91 Å². The standard InChI is InChI=1S/C23H32N4O2/c1-23(2,3)18-8-14(13-5-6-13)7-17-19(24)10-20(27-21(17)18)22(28)26-11-15-9-16(29-4)12-25-15/h7-8,10,13,15-16,25H,5-6,9,11-12H2,1-4H3,(H2,24,27)(H,26,28)/t15-,16-/m0/s1. The first-order valence-electron chi connectivity index (χ1n) is 10.5. The number of carbonyl (C=O) groups excluding carboxylic acids is 1. The molecule has 4 rings (SSSR count). The third kappa shape index (κ3) is 4.23. The van der Waals surface area contributed by atoms with E-state index in [1.807, 2.05) is 0 Å². The van der Waals surface area contributed by atoms with Crippen LogP contribution < -0.4 is 16.4 Å². The number of ether oxygens (including phenoxy) is 1. The fourth-order valence-electron chi connectivity index (χ4n) is 4.14. The Morgan fingerprint density at radius 2 is 2.07 bits per heavy atom. The lowest BCUT2D eigenvalue weighted by atomic mass is 9.83. The molecule has 0 bridgehead atoms. The smallest absolute Gasteiger partial charge is 0.270 e. The highest BCUT2D eigenvalue weighted by Crippen LogP contribution is 2.44. The lowest BCUT2D eigenvalue weighted by molar-refractivity contribution is 0.0941. The number of nitrogens with one attached hydrogen (secondary N) is 2. The molecule has 0 unspecified atom stereocenters. The van der Waals surface area contributed by atoms with Crippen LogP contribution in [0.4, 0.5) is 5.69 Å². The Bertz CT molecular complexity index is 931. The summed E-state index contributed by atoms with van der Waals surface area (Å²) in [6.07, 6.45) is 3.58. The molecule has 2 aromatic rings. The van der Waals surface area contributed by atoms with E-state index in [4.69, 9.17) is 15.5 Å². The van der Waals surface area contributed by atoms with Gasteiger partial charge in [-0.3, -0.25) is 4.79 Å². The molecule has 1 aliphatic heterocycles. The third-order valence-corrected chi connectivity index (χ3v) is 6.08. The van der Waals surface area contributed by atoms with Gasteiger partial charge in [-0.1, -0.05) is 26.8 Å². The first-order valence-corrected chi connectivity index (χ1v) is 10.5. The van der Waals surface area contributed by atoms with E-state index in [1.54, 1.807) is 13.2 Å². The average Bonchev–Trinajstić information content (AvgIpc) is 3.42. The number of benzene rings is 1. The summed E-state index contributed by atoms with van der Waals surface area (Å²) in [6, 6.07) is 6.36. The first-order chi connectivity index (χ1) is 13.8. The summed E-state index contributed by atoms with van der Waals surface area (Å²) >= 11 is 0. The molecule has 1 aromatic carbocycles. The van der Waals surface area contributed by atoms with Crippen molar-refractivity contribution in [3.05, 3.63) is 35.0 Å². The predicted molar refractivity (Wildman–Crippen MR) is 116 cm³/mol. The van der Waals surface area contributed by atoms with Crippen molar-refractivity contribution in [1.82, 2.24) is 15.6 Å². The van der Waals surface area contributed by atoms with Crippen LogP contribution in [-0.2, 0) is 10.2 Å². The molecule has 29 heavy (non-hydrogen) atoms. The maximum Gasteiger partial charge on any atom is 0.270 e. The van der Waals surface area contributed by atoms with Gasteiger partial charge in [0.1, 0.15) is 5.69 Å². The van der Waals surface area contributed by atoms with E-state index in [0.29, 0.717) is 23.8 Å². The summed E-state index contributed by atoms with van der Waals surface area (Å²) in [7, 11) is 1.72. The monoisotopic (exact) mass is 396 g/mol. The second kappa shape index (κ2) is 7.58. The van der Waals surface area contributed by atoms with Crippen LogP contribution in [-0.4, -0.2) is 43.2 Å². The lowest BCUT2D eigenvalue weighted by Gasteiger charge is -2.23. The number of nitrogens with two attached hydrogens (primary N) is 1. The first kappa shape index (κ1) is 20.1. The fourth-order valence-corrected chi connectivity index (χ4v) is 4.14. The zero-order chi connectivity index (χ0) is 20.8. The number of fused-ring (bicyclic) bond motifs is 1. The Hall–Kier alpha value is -2.18. The topological polar surface area (TPSA) is 89.3 Å². The largest absolute Gasteiger partial charge is 0.398 e. The summed E-state index contributed by atoms with van der Waals surface area (Å²) in [5.41, 5.74) is 10.6. The van der Waals surface area contributed by atoms with Crippen LogP contribution in [0, 0.1) is 0 Å².